The number of rotatable bonds is 4. The fraction of sp³-hybridized carbons (Fsp3) is 0.538. The number of thiazole rings is 1. The zero-order valence-electron chi connectivity index (χ0n) is 12.9. The fourth-order valence-corrected chi connectivity index (χ4v) is 4.77. The summed E-state index contributed by atoms with van der Waals surface area (Å²) in [6, 6.07) is 0. The molecule has 0 aliphatic carbocycles. The molecule has 4 N–H and O–H groups in total. The van der Waals surface area contributed by atoms with Crippen LogP contribution in [-0.2, 0) is 9.53 Å². The summed E-state index contributed by atoms with van der Waals surface area (Å²) in [5, 5.41) is 18.4. The van der Waals surface area contributed by atoms with Crippen LogP contribution in [-0.4, -0.2) is 47.5 Å². The Balaban J connectivity index is 2.11. The summed E-state index contributed by atoms with van der Waals surface area (Å²) in [6.07, 6.45) is -1.86. The Hall–Kier alpha value is -1.69. The molecule has 1 aliphatic heterocycles. The van der Waals surface area contributed by atoms with E-state index < -0.39 is 29.0 Å². The van der Waals surface area contributed by atoms with Crippen molar-refractivity contribution in [1.29, 1.82) is 0 Å². The van der Waals surface area contributed by atoms with Gasteiger partial charge < -0.3 is 20.7 Å². The van der Waals surface area contributed by atoms with Gasteiger partial charge in [-0.05, 0) is 13.8 Å². The van der Waals surface area contributed by atoms with Gasteiger partial charge in [0.05, 0.1) is 28.2 Å². The number of ether oxygens (including phenoxy) is 1. The third-order valence-corrected chi connectivity index (χ3v) is 6.15. The number of nitrogen functional groups attached to an aromatic ring is 1. The van der Waals surface area contributed by atoms with Crippen molar-refractivity contribution in [2.75, 3.05) is 5.73 Å². The van der Waals surface area contributed by atoms with E-state index in [0.29, 0.717) is 16.0 Å². The minimum absolute atomic E-state index is 0.0269. The number of carboxylic acid groups (broad SMARTS) is 1. The number of nitrogens with zero attached hydrogens (tertiary/aromatic N) is 3. The van der Waals surface area contributed by atoms with Gasteiger partial charge in [0.1, 0.15) is 5.44 Å². The summed E-state index contributed by atoms with van der Waals surface area (Å²) < 4.78 is 7.66. The minimum atomic E-state index is -1.01. The van der Waals surface area contributed by atoms with Gasteiger partial charge in [0, 0.05) is 0 Å². The number of hydrogen-bond acceptors (Lipinski definition) is 9. The van der Waals surface area contributed by atoms with Crippen molar-refractivity contribution in [3.8, 4) is 0 Å². The molecular formula is C13H16N4O5S2. The Morgan fingerprint density at radius 2 is 2.21 bits per heavy atom. The largest absolute Gasteiger partial charge is 0.481 e. The lowest BCUT2D eigenvalue weighted by atomic mass is 10.2. The van der Waals surface area contributed by atoms with E-state index >= 15 is 0 Å². The van der Waals surface area contributed by atoms with E-state index in [9.17, 15) is 14.7 Å². The summed E-state index contributed by atoms with van der Waals surface area (Å²) in [5.74, 6) is -0.982. The Bertz CT molecular complexity index is 849. The quantitative estimate of drug-likeness (QED) is 0.701. The first-order valence-electron chi connectivity index (χ1n) is 7.14. The second kappa shape index (κ2) is 6.31. The van der Waals surface area contributed by atoms with E-state index in [4.69, 9.17) is 15.6 Å². The predicted molar refractivity (Wildman–Crippen MR) is 90.0 cm³/mol. The van der Waals surface area contributed by atoms with Gasteiger partial charge in [-0.25, -0.2) is 4.98 Å². The number of thioether (sulfide) groups is 1. The number of hydrogen-bond donors (Lipinski definition) is 3. The van der Waals surface area contributed by atoms with Gasteiger partial charge in [-0.15, -0.1) is 11.8 Å². The number of carbonyl (C=O) groups is 1. The average Bonchev–Trinajstić information content (AvgIpc) is 2.99. The third-order valence-electron chi connectivity index (χ3n) is 3.57. The van der Waals surface area contributed by atoms with Crippen molar-refractivity contribution in [2.45, 2.75) is 43.3 Å². The first-order valence-corrected chi connectivity index (χ1v) is 8.89. The van der Waals surface area contributed by atoms with Crippen molar-refractivity contribution >= 4 is 45.4 Å². The van der Waals surface area contributed by atoms with Gasteiger partial charge in [0.15, 0.2) is 11.9 Å². The van der Waals surface area contributed by atoms with E-state index in [2.05, 4.69) is 9.97 Å². The molecule has 24 heavy (non-hydrogen) atoms. The maximum Gasteiger partial charge on any atom is 0.311 e. The standard InChI is InChI=1S/C13H16N4O5S2/c1-4-8-9(16-12(14)15-4)17(13(21)24-8)10-6(3-7(19)20)23-11(22-10)5(2)18/h5-6,10-11,18H,3H2,1-2H3,(H,19,20)(H2,14,15,16)/t5-,6-,10+,11-/m0/s1. The minimum Gasteiger partial charge on any atom is -0.481 e. The number of nitrogens with two attached hydrogens (primary N) is 1. The fourth-order valence-electron chi connectivity index (χ4n) is 2.57. The highest BCUT2D eigenvalue weighted by atomic mass is 32.2. The van der Waals surface area contributed by atoms with Crippen LogP contribution in [0.25, 0.3) is 10.3 Å². The third kappa shape index (κ3) is 2.99. The summed E-state index contributed by atoms with van der Waals surface area (Å²) in [7, 11) is 0. The Labute approximate surface area is 144 Å². The molecule has 1 saturated heterocycles. The van der Waals surface area contributed by atoms with Gasteiger partial charge in [0.25, 0.3) is 0 Å². The molecule has 4 atom stereocenters. The molecule has 0 unspecified atom stereocenters. The lowest BCUT2D eigenvalue weighted by Crippen LogP contribution is -2.29. The first kappa shape index (κ1) is 17.1. The molecular weight excluding hydrogens is 356 g/mol. The predicted octanol–water partition coefficient (Wildman–Crippen LogP) is 0.556. The molecule has 3 heterocycles. The van der Waals surface area contributed by atoms with Crippen molar-refractivity contribution in [3.05, 3.63) is 15.4 Å². The second-order valence-corrected chi connectivity index (χ2v) is 7.77. The van der Waals surface area contributed by atoms with E-state index in [0.717, 1.165) is 11.3 Å². The Kier molecular flexibility index (Phi) is 4.51. The normalized spacial score (nSPS) is 25.2. The number of aliphatic carboxylic acids is 1. The summed E-state index contributed by atoms with van der Waals surface area (Å²) in [6.45, 7) is 3.27. The molecule has 9 nitrogen and oxygen atoms in total. The molecule has 0 amide bonds. The molecule has 0 aromatic carbocycles. The van der Waals surface area contributed by atoms with Gasteiger partial charge in [-0.1, -0.05) is 11.3 Å². The van der Waals surface area contributed by atoms with Crippen molar-refractivity contribution in [2.24, 2.45) is 0 Å². The zero-order chi connectivity index (χ0) is 17.6. The van der Waals surface area contributed by atoms with Gasteiger partial charge in [-0.2, -0.15) is 4.98 Å². The lowest BCUT2D eigenvalue weighted by molar-refractivity contribution is -0.138. The number of aromatic nitrogens is 3. The summed E-state index contributed by atoms with van der Waals surface area (Å²) in [4.78, 5) is 31.4. The van der Waals surface area contributed by atoms with E-state index in [-0.39, 0.29) is 17.2 Å². The van der Waals surface area contributed by atoms with Crippen LogP contribution in [0.3, 0.4) is 0 Å². The Morgan fingerprint density at radius 3 is 2.83 bits per heavy atom. The SMILES string of the molecule is Cc1nc(N)nc2c1sc(=O)n2[C@@H]1O[C@H]([C@H](C)O)S[C@H]1CC(=O)O. The van der Waals surface area contributed by atoms with Crippen LogP contribution >= 0.6 is 23.1 Å². The summed E-state index contributed by atoms with van der Waals surface area (Å²) >= 11 is 2.16. The van der Waals surface area contributed by atoms with Gasteiger partial charge >= 0.3 is 10.8 Å². The van der Waals surface area contributed by atoms with Crippen LogP contribution in [0.5, 0.6) is 0 Å². The van der Waals surface area contributed by atoms with E-state index in [1.165, 1.54) is 16.3 Å². The zero-order valence-corrected chi connectivity index (χ0v) is 14.5. The van der Waals surface area contributed by atoms with E-state index in [1.54, 1.807) is 13.8 Å². The van der Waals surface area contributed by atoms with Crippen molar-refractivity contribution < 1.29 is 19.7 Å². The van der Waals surface area contributed by atoms with Crippen molar-refractivity contribution in [1.82, 2.24) is 14.5 Å². The van der Waals surface area contributed by atoms with Crippen LogP contribution in [0.4, 0.5) is 5.95 Å². The molecule has 0 saturated carbocycles. The van der Waals surface area contributed by atoms with Crippen LogP contribution in [0.1, 0.15) is 25.3 Å². The Morgan fingerprint density at radius 1 is 1.50 bits per heavy atom. The lowest BCUT2D eigenvalue weighted by Gasteiger charge is -2.18. The average molecular weight is 372 g/mol. The molecule has 1 fully saturated rings. The smallest absolute Gasteiger partial charge is 0.311 e. The second-order valence-electron chi connectivity index (χ2n) is 5.47. The first-order chi connectivity index (χ1) is 11.3. The summed E-state index contributed by atoms with van der Waals surface area (Å²) in [5.41, 5.74) is 5.95. The number of carboxylic acids is 1. The monoisotopic (exact) mass is 372 g/mol. The number of fused-ring (bicyclic) bond motifs is 1. The number of anilines is 1. The van der Waals surface area contributed by atoms with Crippen LogP contribution < -0.4 is 10.6 Å². The van der Waals surface area contributed by atoms with Crippen LogP contribution in [0.2, 0.25) is 0 Å². The highest BCUT2D eigenvalue weighted by molar-refractivity contribution is 8.00. The highest BCUT2D eigenvalue weighted by Crippen LogP contribution is 2.43. The van der Waals surface area contributed by atoms with Crippen LogP contribution in [0, 0.1) is 6.92 Å². The molecule has 0 spiro atoms. The number of aryl methyl sites for hydroxylation is 1. The molecule has 130 valence electrons. The van der Waals surface area contributed by atoms with E-state index in [1.807, 2.05) is 0 Å². The molecule has 2 aromatic rings. The molecule has 11 heteroatoms. The van der Waals surface area contributed by atoms with Gasteiger partial charge in [-0.3, -0.25) is 14.2 Å². The highest BCUT2D eigenvalue weighted by Gasteiger charge is 2.42. The maximum absolute atomic E-state index is 12.5. The molecule has 0 bridgehead atoms. The van der Waals surface area contributed by atoms with Crippen LogP contribution in [0.15, 0.2) is 4.79 Å². The molecule has 1 aliphatic rings. The molecule has 0 radical (unpaired) electrons. The molecule has 3 rings (SSSR count). The topological polar surface area (TPSA) is 141 Å². The number of aliphatic hydroxyl groups excluding tert-OH is 1. The number of aliphatic hydroxyl groups is 1. The van der Waals surface area contributed by atoms with Gasteiger partial charge in [0.2, 0.25) is 5.95 Å². The van der Waals surface area contributed by atoms with Crippen molar-refractivity contribution in [3.63, 3.8) is 0 Å². The molecule has 2 aromatic heterocycles. The maximum atomic E-state index is 12.5.